The minimum Gasteiger partial charge on any atom is -0.361 e. The van der Waals surface area contributed by atoms with Gasteiger partial charge in [-0.2, -0.15) is 0 Å². The Bertz CT molecular complexity index is 716. The Morgan fingerprint density at radius 2 is 1.95 bits per heavy atom. The molecule has 0 saturated carbocycles. The first kappa shape index (κ1) is 12.3. The lowest BCUT2D eigenvalue weighted by Crippen LogP contribution is -2.03. The molecule has 0 bridgehead atoms. The zero-order valence-electron chi connectivity index (χ0n) is 10.7. The summed E-state index contributed by atoms with van der Waals surface area (Å²) in [6.45, 7) is 0.872. The van der Waals surface area contributed by atoms with Gasteiger partial charge in [-0.1, -0.05) is 35.9 Å². The first-order chi connectivity index (χ1) is 9.28. The minimum atomic E-state index is 0.764. The Morgan fingerprint density at radius 3 is 2.74 bits per heavy atom. The molecular formula is C16H15ClN2. The maximum absolute atomic E-state index is 6.04. The van der Waals surface area contributed by atoms with Gasteiger partial charge in [-0.15, -0.1) is 0 Å². The fraction of sp³-hybridized carbons (Fsp3) is 0.125. The van der Waals surface area contributed by atoms with Gasteiger partial charge in [0.1, 0.15) is 0 Å². The van der Waals surface area contributed by atoms with Crippen molar-refractivity contribution >= 4 is 22.5 Å². The van der Waals surface area contributed by atoms with Crippen molar-refractivity contribution in [1.29, 1.82) is 0 Å². The average molecular weight is 271 g/mol. The number of rotatable bonds is 3. The number of halogens is 1. The molecule has 3 heteroatoms. The van der Waals surface area contributed by atoms with Crippen molar-refractivity contribution in [3.05, 3.63) is 59.2 Å². The van der Waals surface area contributed by atoms with E-state index < -0.39 is 0 Å². The third-order valence-electron chi connectivity index (χ3n) is 3.29. The summed E-state index contributed by atoms with van der Waals surface area (Å²) in [5.41, 5.74) is 4.75. The highest BCUT2D eigenvalue weighted by atomic mass is 35.5. The van der Waals surface area contributed by atoms with E-state index in [4.69, 9.17) is 11.6 Å². The molecule has 0 aliphatic carbocycles. The van der Waals surface area contributed by atoms with Crippen molar-refractivity contribution in [2.45, 2.75) is 6.54 Å². The number of aromatic amines is 1. The zero-order valence-corrected chi connectivity index (χ0v) is 11.5. The van der Waals surface area contributed by atoms with Crippen LogP contribution in [0.2, 0.25) is 5.02 Å². The van der Waals surface area contributed by atoms with Gasteiger partial charge in [0.05, 0.1) is 0 Å². The van der Waals surface area contributed by atoms with Crippen LogP contribution in [-0.2, 0) is 6.54 Å². The van der Waals surface area contributed by atoms with Crippen LogP contribution in [0.5, 0.6) is 0 Å². The highest BCUT2D eigenvalue weighted by molar-refractivity contribution is 6.30. The van der Waals surface area contributed by atoms with Crippen LogP contribution in [-0.4, -0.2) is 12.0 Å². The summed E-state index contributed by atoms with van der Waals surface area (Å²) in [5.74, 6) is 0. The molecule has 19 heavy (non-hydrogen) atoms. The Hall–Kier alpha value is -1.77. The van der Waals surface area contributed by atoms with Crippen LogP contribution >= 0.6 is 11.6 Å². The Kier molecular flexibility index (Phi) is 3.28. The van der Waals surface area contributed by atoms with Gasteiger partial charge in [0, 0.05) is 28.7 Å². The Labute approximate surface area is 117 Å². The molecule has 96 valence electrons. The van der Waals surface area contributed by atoms with E-state index >= 15 is 0 Å². The van der Waals surface area contributed by atoms with Crippen LogP contribution in [0, 0.1) is 0 Å². The standard InChI is InChI=1S/C16H15ClN2/c1-18-9-13-10-19-16-8-12(5-6-15(13)16)11-3-2-4-14(17)7-11/h2-8,10,18-19H,9H2,1H3. The molecule has 2 aromatic carbocycles. The van der Waals surface area contributed by atoms with Crippen LogP contribution in [0.25, 0.3) is 22.0 Å². The zero-order chi connectivity index (χ0) is 13.2. The van der Waals surface area contributed by atoms with Crippen LogP contribution in [0.15, 0.2) is 48.7 Å². The summed E-state index contributed by atoms with van der Waals surface area (Å²) in [6.07, 6.45) is 2.06. The number of benzene rings is 2. The topological polar surface area (TPSA) is 27.8 Å². The van der Waals surface area contributed by atoms with E-state index in [-0.39, 0.29) is 0 Å². The molecular weight excluding hydrogens is 256 g/mol. The predicted octanol–water partition coefficient (Wildman–Crippen LogP) is 4.21. The van der Waals surface area contributed by atoms with Crippen LogP contribution < -0.4 is 5.32 Å². The van der Waals surface area contributed by atoms with Crippen molar-refractivity contribution in [3.8, 4) is 11.1 Å². The number of nitrogens with one attached hydrogen (secondary N) is 2. The molecule has 2 nitrogen and oxygen atoms in total. The van der Waals surface area contributed by atoms with Gasteiger partial charge in [0.2, 0.25) is 0 Å². The van der Waals surface area contributed by atoms with Gasteiger partial charge in [0.15, 0.2) is 0 Å². The second-order valence-corrected chi connectivity index (χ2v) is 5.05. The maximum atomic E-state index is 6.04. The number of H-pyrrole nitrogens is 1. The lowest BCUT2D eigenvalue weighted by Gasteiger charge is -2.03. The predicted molar refractivity (Wildman–Crippen MR) is 81.5 cm³/mol. The van der Waals surface area contributed by atoms with Crippen molar-refractivity contribution in [2.75, 3.05) is 7.05 Å². The molecule has 0 spiro atoms. The van der Waals surface area contributed by atoms with Crippen molar-refractivity contribution in [3.63, 3.8) is 0 Å². The van der Waals surface area contributed by atoms with E-state index in [0.717, 1.165) is 22.6 Å². The molecule has 1 heterocycles. The molecule has 0 aliphatic rings. The first-order valence-corrected chi connectivity index (χ1v) is 6.66. The molecule has 3 aromatic rings. The molecule has 2 N–H and O–H groups in total. The molecule has 0 atom stereocenters. The van der Waals surface area contributed by atoms with Gasteiger partial charge >= 0.3 is 0 Å². The summed E-state index contributed by atoms with van der Waals surface area (Å²) < 4.78 is 0. The van der Waals surface area contributed by atoms with Crippen LogP contribution in [0.3, 0.4) is 0 Å². The van der Waals surface area contributed by atoms with Gasteiger partial charge in [-0.25, -0.2) is 0 Å². The van der Waals surface area contributed by atoms with Gasteiger partial charge in [0.25, 0.3) is 0 Å². The van der Waals surface area contributed by atoms with E-state index in [9.17, 15) is 0 Å². The lowest BCUT2D eigenvalue weighted by molar-refractivity contribution is 0.823. The summed E-state index contributed by atoms with van der Waals surface area (Å²) >= 11 is 6.04. The summed E-state index contributed by atoms with van der Waals surface area (Å²) in [4.78, 5) is 3.32. The smallest absolute Gasteiger partial charge is 0.0463 e. The first-order valence-electron chi connectivity index (χ1n) is 6.28. The Morgan fingerprint density at radius 1 is 1.11 bits per heavy atom. The highest BCUT2D eigenvalue weighted by Crippen LogP contribution is 2.27. The van der Waals surface area contributed by atoms with E-state index in [2.05, 4.69) is 40.8 Å². The Balaban J connectivity index is 2.07. The summed E-state index contributed by atoms with van der Waals surface area (Å²) in [7, 11) is 1.96. The summed E-state index contributed by atoms with van der Waals surface area (Å²) in [6, 6.07) is 14.4. The fourth-order valence-corrected chi connectivity index (χ4v) is 2.56. The highest BCUT2D eigenvalue weighted by Gasteiger charge is 2.05. The monoisotopic (exact) mass is 270 g/mol. The molecule has 0 unspecified atom stereocenters. The quantitative estimate of drug-likeness (QED) is 0.733. The maximum Gasteiger partial charge on any atom is 0.0463 e. The molecule has 0 aliphatic heterocycles. The number of hydrogen-bond donors (Lipinski definition) is 2. The van der Waals surface area contributed by atoms with E-state index in [1.54, 1.807) is 0 Å². The normalized spacial score (nSPS) is 11.1. The van der Waals surface area contributed by atoms with Crippen molar-refractivity contribution in [1.82, 2.24) is 10.3 Å². The van der Waals surface area contributed by atoms with E-state index in [0.29, 0.717) is 0 Å². The van der Waals surface area contributed by atoms with Crippen molar-refractivity contribution < 1.29 is 0 Å². The summed E-state index contributed by atoms with van der Waals surface area (Å²) in [5, 5.41) is 5.21. The molecule has 1 aromatic heterocycles. The average Bonchev–Trinajstić information content (AvgIpc) is 2.82. The van der Waals surface area contributed by atoms with E-state index in [1.165, 1.54) is 16.5 Å². The minimum absolute atomic E-state index is 0.764. The van der Waals surface area contributed by atoms with Gasteiger partial charge in [-0.3, -0.25) is 0 Å². The molecule has 0 fully saturated rings. The number of fused-ring (bicyclic) bond motifs is 1. The molecule has 0 saturated heterocycles. The van der Waals surface area contributed by atoms with Gasteiger partial charge in [-0.05, 0) is 41.9 Å². The SMILES string of the molecule is CNCc1c[nH]c2cc(-c3cccc(Cl)c3)ccc12. The van der Waals surface area contributed by atoms with Gasteiger partial charge < -0.3 is 10.3 Å². The molecule has 0 amide bonds. The fourth-order valence-electron chi connectivity index (χ4n) is 2.37. The largest absolute Gasteiger partial charge is 0.361 e. The third kappa shape index (κ3) is 2.37. The van der Waals surface area contributed by atoms with Crippen LogP contribution in [0.4, 0.5) is 0 Å². The lowest BCUT2D eigenvalue weighted by atomic mass is 10.0. The second kappa shape index (κ2) is 5.08. The second-order valence-electron chi connectivity index (χ2n) is 4.61. The van der Waals surface area contributed by atoms with Crippen molar-refractivity contribution in [2.24, 2.45) is 0 Å². The number of aromatic nitrogens is 1. The third-order valence-corrected chi connectivity index (χ3v) is 3.53. The van der Waals surface area contributed by atoms with Crippen LogP contribution in [0.1, 0.15) is 5.56 Å². The number of hydrogen-bond acceptors (Lipinski definition) is 1. The molecule has 3 rings (SSSR count). The van der Waals surface area contributed by atoms with E-state index in [1.807, 2.05) is 25.2 Å². The molecule has 0 radical (unpaired) electrons.